The van der Waals surface area contributed by atoms with E-state index in [-0.39, 0.29) is 0 Å². The Kier molecular flexibility index (Phi) is 16.3. The predicted molar refractivity (Wildman–Crippen MR) is 105 cm³/mol. The molecule has 1 unspecified atom stereocenters. The average molecular weight is 351 g/mol. The van der Waals surface area contributed by atoms with Crippen LogP contribution in [0.15, 0.2) is 12.2 Å². The summed E-state index contributed by atoms with van der Waals surface area (Å²) < 4.78 is 0. The topological polar surface area (TPSA) is 66.6 Å². The first-order chi connectivity index (χ1) is 12.1. The fourth-order valence-corrected chi connectivity index (χ4v) is 2.65. The van der Waals surface area contributed by atoms with Crippen molar-refractivity contribution in [2.45, 2.75) is 103 Å². The molecule has 0 spiro atoms. The fourth-order valence-electron chi connectivity index (χ4n) is 2.65. The molecule has 4 heteroatoms. The number of nitrogens with zero attached hydrogens (tertiary/aromatic N) is 1. The summed E-state index contributed by atoms with van der Waals surface area (Å²) >= 11 is 0. The summed E-state index contributed by atoms with van der Waals surface area (Å²) in [6, 6.07) is -1.45. The van der Waals surface area contributed by atoms with Crippen molar-refractivity contribution in [3.05, 3.63) is 12.2 Å². The number of hydrogen-bond donors (Lipinski definition) is 2. The maximum absolute atomic E-state index is 10.7. The standard InChI is InChI=1S/C21H38N2O2/c1-3-4-5-6-7-8-9-10-11-12-13-14-15-16-17-18-19-20(2)23(25)21(22)24/h15-16,20,25H,3-14,17H2,1-2H3,(H2,22,24)/b16-15+. The number of carbonyl (C=O) groups is 1. The first-order valence-electron chi connectivity index (χ1n) is 10.0. The smallest absolute Gasteiger partial charge is 0.339 e. The van der Waals surface area contributed by atoms with Crippen molar-refractivity contribution < 1.29 is 10.0 Å². The second kappa shape index (κ2) is 17.4. The van der Waals surface area contributed by atoms with Gasteiger partial charge in [0.1, 0.15) is 6.04 Å². The van der Waals surface area contributed by atoms with E-state index in [2.05, 4.69) is 24.8 Å². The molecule has 0 aromatic carbocycles. The number of urea groups is 1. The molecule has 0 aliphatic carbocycles. The summed E-state index contributed by atoms with van der Waals surface area (Å²) in [7, 11) is 0. The third-order valence-electron chi connectivity index (χ3n) is 4.26. The van der Waals surface area contributed by atoms with E-state index in [9.17, 15) is 10.0 Å². The van der Waals surface area contributed by atoms with Crippen LogP contribution >= 0.6 is 0 Å². The van der Waals surface area contributed by atoms with Gasteiger partial charge in [0.05, 0.1) is 0 Å². The Balaban J connectivity index is 3.41. The maximum atomic E-state index is 10.7. The number of hydrogen-bond acceptors (Lipinski definition) is 2. The Morgan fingerprint density at radius 3 is 2.04 bits per heavy atom. The molecule has 0 aromatic rings. The van der Waals surface area contributed by atoms with Crippen LogP contribution in [0, 0.1) is 11.8 Å². The first-order valence-corrected chi connectivity index (χ1v) is 10.0. The van der Waals surface area contributed by atoms with Gasteiger partial charge in [0, 0.05) is 6.42 Å². The Bertz CT molecular complexity index is 410. The van der Waals surface area contributed by atoms with Crippen LogP contribution in [0.3, 0.4) is 0 Å². The molecule has 25 heavy (non-hydrogen) atoms. The van der Waals surface area contributed by atoms with Gasteiger partial charge < -0.3 is 5.73 Å². The second-order valence-corrected chi connectivity index (χ2v) is 6.68. The molecule has 1 atom stereocenters. The molecule has 0 rings (SSSR count). The van der Waals surface area contributed by atoms with Crippen LogP contribution in [0.25, 0.3) is 0 Å². The molecular weight excluding hydrogens is 312 g/mol. The van der Waals surface area contributed by atoms with Gasteiger partial charge in [-0.15, -0.1) is 0 Å². The average Bonchev–Trinajstić information content (AvgIpc) is 2.60. The molecular formula is C21H38N2O2. The van der Waals surface area contributed by atoms with Gasteiger partial charge in [0.2, 0.25) is 0 Å². The van der Waals surface area contributed by atoms with Crippen LogP contribution < -0.4 is 5.73 Å². The molecule has 0 fully saturated rings. The van der Waals surface area contributed by atoms with Gasteiger partial charge in [0.25, 0.3) is 0 Å². The molecule has 0 aliphatic heterocycles. The lowest BCUT2D eigenvalue weighted by Crippen LogP contribution is -2.38. The lowest BCUT2D eigenvalue weighted by Gasteiger charge is -2.14. The molecule has 0 aliphatic rings. The highest BCUT2D eigenvalue weighted by Gasteiger charge is 2.11. The zero-order valence-electron chi connectivity index (χ0n) is 16.3. The molecule has 0 saturated heterocycles. The minimum Gasteiger partial charge on any atom is -0.350 e. The SMILES string of the molecule is CCCCCCCCCCCCC/C=C/CC#CC(C)N(O)C(N)=O. The van der Waals surface area contributed by atoms with Crippen LogP contribution in [-0.2, 0) is 0 Å². The summed E-state index contributed by atoms with van der Waals surface area (Å²) in [5.41, 5.74) is 4.95. The summed E-state index contributed by atoms with van der Waals surface area (Å²) in [4.78, 5) is 10.7. The fraction of sp³-hybridized carbons (Fsp3) is 0.762. The lowest BCUT2D eigenvalue weighted by molar-refractivity contribution is -0.0536. The summed E-state index contributed by atoms with van der Waals surface area (Å²) in [6.45, 7) is 3.89. The van der Waals surface area contributed by atoms with Crippen LogP contribution in [0.4, 0.5) is 4.79 Å². The number of rotatable bonds is 14. The maximum Gasteiger partial charge on any atom is 0.339 e. The van der Waals surface area contributed by atoms with Crippen molar-refractivity contribution >= 4 is 6.03 Å². The number of allylic oxidation sites excluding steroid dienone is 2. The molecule has 0 bridgehead atoms. The number of unbranched alkanes of at least 4 members (excludes halogenated alkanes) is 11. The number of primary amides is 1. The van der Waals surface area contributed by atoms with Crippen molar-refractivity contribution in [2.75, 3.05) is 0 Å². The van der Waals surface area contributed by atoms with Crippen LogP contribution in [0.2, 0.25) is 0 Å². The molecule has 0 saturated carbocycles. The number of nitrogens with two attached hydrogens (primary N) is 1. The highest BCUT2D eigenvalue weighted by Crippen LogP contribution is 2.12. The predicted octanol–water partition coefficient (Wildman–Crippen LogP) is 5.80. The van der Waals surface area contributed by atoms with E-state index in [1.807, 2.05) is 6.08 Å². The summed E-state index contributed by atoms with van der Waals surface area (Å²) in [6.07, 6.45) is 21.0. The molecule has 144 valence electrons. The van der Waals surface area contributed by atoms with E-state index in [4.69, 9.17) is 5.73 Å². The van der Waals surface area contributed by atoms with Crippen LogP contribution in [0.5, 0.6) is 0 Å². The Morgan fingerprint density at radius 1 is 1.00 bits per heavy atom. The quantitative estimate of drug-likeness (QED) is 0.137. The van der Waals surface area contributed by atoms with Crippen molar-refractivity contribution in [3.8, 4) is 11.8 Å². The summed E-state index contributed by atoms with van der Waals surface area (Å²) in [5, 5.41) is 9.71. The zero-order valence-corrected chi connectivity index (χ0v) is 16.3. The Morgan fingerprint density at radius 2 is 1.52 bits per heavy atom. The van der Waals surface area contributed by atoms with E-state index in [0.29, 0.717) is 11.5 Å². The second-order valence-electron chi connectivity index (χ2n) is 6.68. The van der Waals surface area contributed by atoms with E-state index in [0.717, 1.165) is 6.42 Å². The number of hydroxylamine groups is 2. The van der Waals surface area contributed by atoms with Crippen molar-refractivity contribution in [1.29, 1.82) is 0 Å². The van der Waals surface area contributed by atoms with Gasteiger partial charge in [-0.2, -0.15) is 5.06 Å². The van der Waals surface area contributed by atoms with Gasteiger partial charge in [-0.25, -0.2) is 4.79 Å². The largest absolute Gasteiger partial charge is 0.350 e. The minimum absolute atomic E-state index is 0.446. The molecule has 0 radical (unpaired) electrons. The van der Waals surface area contributed by atoms with E-state index >= 15 is 0 Å². The third kappa shape index (κ3) is 15.8. The zero-order chi connectivity index (χ0) is 18.8. The molecule has 2 amide bonds. The normalized spacial score (nSPS) is 12.0. The van der Waals surface area contributed by atoms with Crippen molar-refractivity contribution in [1.82, 2.24) is 5.06 Å². The number of carbonyl (C=O) groups excluding carboxylic acids is 1. The van der Waals surface area contributed by atoms with E-state index in [1.165, 1.54) is 70.6 Å². The highest BCUT2D eigenvalue weighted by atomic mass is 16.5. The van der Waals surface area contributed by atoms with E-state index in [1.54, 1.807) is 6.92 Å². The Hall–Kier alpha value is -1.47. The molecule has 4 nitrogen and oxygen atoms in total. The van der Waals surface area contributed by atoms with Gasteiger partial charge in [-0.05, 0) is 19.8 Å². The highest BCUT2D eigenvalue weighted by molar-refractivity contribution is 5.71. The Labute approximate surface area is 154 Å². The molecule has 0 aromatic heterocycles. The monoisotopic (exact) mass is 350 g/mol. The lowest BCUT2D eigenvalue weighted by atomic mass is 10.1. The van der Waals surface area contributed by atoms with Gasteiger partial charge in [-0.1, -0.05) is 95.1 Å². The molecule has 0 heterocycles. The minimum atomic E-state index is -0.881. The van der Waals surface area contributed by atoms with Crippen molar-refractivity contribution in [3.63, 3.8) is 0 Å². The third-order valence-corrected chi connectivity index (χ3v) is 4.26. The van der Waals surface area contributed by atoms with Gasteiger partial charge in [-0.3, -0.25) is 5.21 Å². The summed E-state index contributed by atoms with van der Waals surface area (Å²) in [5.74, 6) is 5.70. The number of amides is 2. The van der Waals surface area contributed by atoms with Crippen LogP contribution in [0.1, 0.15) is 97.3 Å². The van der Waals surface area contributed by atoms with Crippen molar-refractivity contribution in [2.24, 2.45) is 5.73 Å². The van der Waals surface area contributed by atoms with Gasteiger partial charge in [0.15, 0.2) is 0 Å². The van der Waals surface area contributed by atoms with Gasteiger partial charge >= 0.3 is 6.03 Å². The molecule has 3 N–H and O–H groups in total. The first kappa shape index (κ1) is 23.5. The van der Waals surface area contributed by atoms with E-state index < -0.39 is 12.1 Å². The van der Waals surface area contributed by atoms with Crippen LogP contribution in [-0.4, -0.2) is 22.3 Å².